The molecular formula is C15H17ClN2. The minimum absolute atomic E-state index is 0.584. The number of aliphatic imine (C=N–C) groups is 1. The molecular weight excluding hydrogens is 244 g/mol. The van der Waals surface area contributed by atoms with E-state index < -0.39 is 0 Å². The third-order valence-electron chi connectivity index (χ3n) is 2.31. The lowest BCUT2D eigenvalue weighted by atomic mass is 10.2. The van der Waals surface area contributed by atoms with E-state index in [1.165, 1.54) is 5.56 Å². The molecule has 0 amide bonds. The van der Waals surface area contributed by atoms with E-state index in [1.807, 2.05) is 60.7 Å². The largest absolute Gasteiger partial charge is 0.384 e. The van der Waals surface area contributed by atoms with Crippen molar-refractivity contribution in [3.8, 4) is 0 Å². The van der Waals surface area contributed by atoms with Crippen molar-refractivity contribution in [1.29, 1.82) is 0 Å². The second-order valence-corrected chi connectivity index (χ2v) is 3.86. The van der Waals surface area contributed by atoms with Gasteiger partial charge in [-0.3, -0.25) is 4.99 Å². The topological polar surface area (TPSA) is 38.4 Å². The summed E-state index contributed by atoms with van der Waals surface area (Å²) in [5.41, 5.74) is 7.70. The van der Waals surface area contributed by atoms with Crippen molar-refractivity contribution in [1.82, 2.24) is 0 Å². The van der Waals surface area contributed by atoms with Gasteiger partial charge in [-0.1, -0.05) is 60.7 Å². The molecule has 94 valence electrons. The van der Waals surface area contributed by atoms with Crippen molar-refractivity contribution in [2.45, 2.75) is 5.88 Å². The van der Waals surface area contributed by atoms with Crippen molar-refractivity contribution in [2.24, 2.45) is 10.7 Å². The van der Waals surface area contributed by atoms with E-state index in [0.29, 0.717) is 11.7 Å². The van der Waals surface area contributed by atoms with Crippen LogP contribution in [0.1, 0.15) is 11.1 Å². The predicted octanol–water partition coefficient (Wildman–Crippen LogP) is 3.45. The highest BCUT2D eigenvalue weighted by Gasteiger charge is 1.91. The molecule has 18 heavy (non-hydrogen) atoms. The van der Waals surface area contributed by atoms with E-state index >= 15 is 0 Å². The maximum atomic E-state index is 5.54. The quantitative estimate of drug-likeness (QED) is 0.501. The van der Waals surface area contributed by atoms with Gasteiger partial charge in [0.05, 0.1) is 0 Å². The molecule has 2 aromatic carbocycles. The number of alkyl halides is 1. The summed E-state index contributed by atoms with van der Waals surface area (Å²) in [6.45, 7) is 0. The minimum Gasteiger partial charge on any atom is -0.384 e. The number of hydrogen-bond donors (Lipinski definition) is 1. The number of halogens is 1. The van der Waals surface area contributed by atoms with Crippen LogP contribution in [0.5, 0.6) is 0 Å². The van der Waals surface area contributed by atoms with Gasteiger partial charge in [0.2, 0.25) is 0 Å². The van der Waals surface area contributed by atoms with Gasteiger partial charge in [0, 0.05) is 18.5 Å². The van der Waals surface area contributed by atoms with Crippen molar-refractivity contribution < 1.29 is 0 Å². The molecule has 0 aliphatic heterocycles. The zero-order chi connectivity index (χ0) is 13.2. The highest BCUT2D eigenvalue weighted by molar-refractivity contribution is 6.17. The first-order chi connectivity index (χ1) is 8.77. The summed E-state index contributed by atoms with van der Waals surface area (Å²) >= 11 is 5.53. The maximum Gasteiger partial charge on any atom is 0.125 e. The van der Waals surface area contributed by atoms with Gasteiger partial charge in [-0.05, 0) is 5.56 Å². The third-order valence-corrected chi connectivity index (χ3v) is 2.62. The fourth-order valence-corrected chi connectivity index (χ4v) is 1.48. The van der Waals surface area contributed by atoms with Crippen LogP contribution in [0, 0.1) is 0 Å². The number of hydrogen-bond acceptors (Lipinski definition) is 1. The van der Waals surface area contributed by atoms with Gasteiger partial charge in [0.25, 0.3) is 0 Å². The molecule has 0 unspecified atom stereocenters. The Morgan fingerprint density at radius 3 is 1.89 bits per heavy atom. The lowest BCUT2D eigenvalue weighted by Gasteiger charge is -1.95. The van der Waals surface area contributed by atoms with Crippen LogP contribution < -0.4 is 5.73 Å². The van der Waals surface area contributed by atoms with Gasteiger partial charge >= 0.3 is 0 Å². The first-order valence-electron chi connectivity index (χ1n) is 5.65. The molecule has 0 saturated carbocycles. The van der Waals surface area contributed by atoms with E-state index in [0.717, 1.165) is 5.56 Å². The number of nitrogens with two attached hydrogens (primary N) is 1. The van der Waals surface area contributed by atoms with Crippen LogP contribution in [0.15, 0.2) is 65.7 Å². The Labute approximate surface area is 113 Å². The Hall–Kier alpha value is -1.80. The van der Waals surface area contributed by atoms with Crippen LogP contribution in [0.4, 0.5) is 0 Å². The highest BCUT2D eigenvalue weighted by Crippen LogP contribution is 2.00. The lowest BCUT2D eigenvalue weighted by molar-refractivity contribution is 1.39. The third kappa shape index (κ3) is 5.02. The monoisotopic (exact) mass is 260 g/mol. The molecule has 3 heteroatoms. The highest BCUT2D eigenvalue weighted by atomic mass is 35.5. The van der Waals surface area contributed by atoms with Gasteiger partial charge in [0.1, 0.15) is 5.84 Å². The smallest absolute Gasteiger partial charge is 0.125 e. The average Bonchev–Trinajstić information content (AvgIpc) is 2.49. The fraction of sp³-hybridized carbons (Fsp3) is 0.133. The molecule has 0 saturated heterocycles. The van der Waals surface area contributed by atoms with Crippen LogP contribution in [0.3, 0.4) is 0 Å². The molecule has 0 spiro atoms. The molecule has 0 heterocycles. The molecule has 2 N–H and O–H groups in total. The summed E-state index contributed by atoms with van der Waals surface area (Å²) in [4.78, 5) is 3.85. The summed E-state index contributed by atoms with van der Waals surface area (Å²) in [5, 5.41) is 0. The van der Waals surface area contributed by atoms with Crippen LogP contribution in [0.2, 0.25) is 0 Å². The Bertz CT molecular complexity index is 466. The molecule has 2 aromatic rings. The van der Waals surface area contributed by atoms with Gasteiger partial charge in [-0.15, -0.1) is 11.6 Å². The van der Waals surface area contributed by atoms with Crippen molar-refractivity contribution in [2.75, 3.05) is 7.05 Å². The number of nitrogens with zero attached hydrogens (tertiary/aromatic N) is 1. The molecule has 0 aromatic heterocycles. The minimum atomic E-state index is 0.584. The van der Waals surface area contributed by atoms with Crippen LogP contribution >= 0.6 is 11.6 Å². The van der Waals surface area contributed by atoms with Gasteiger partial charge in [-0.25, -0.2) is 0 Å². The predicted molar refractivity (Wildman–Crippen MR) is 79.1 cm³/mol. The molecule has 2 nitrogen and oxygen atoms in total. The Morgan fingerprint density at radius 2 is 1.50 bits per heavy atom. The number of benzene rings is 2. The molecule has 0 atom stereocenters. The average molecular weight is 261 g/mol. The van der Waals surface area contributed by atoms with E-state index in [-0.39, 0.29) is 0 Å². The normalized spacial score (nSPS) is 10.4. The number of amidine groups is 1. The van der Waals surface area contributed by atoms with Gasteiger partial charge in [-0.2, -0.15) is 0 Å². The van der Waals surface area contributed by atoms with E-state index in [1.54, 1.807) is 7.05 Å². The first-order valence-corrected chi connectivity index (χ1v) is 6.19. The standard InChI is InChI=1S/C8H10N2.C7H7Cl/c1-10-8(9)7-5-3-2-4-6-7;8-6-7-4-2-1-3-5-7/h2-6H,1H3,(H2,9,10);1-5H,6H2. The summed E-state index contributed by atoms with van der Waals surface area (Å²) in [6.07, 6.45) is 0. The molecule has 0 aliphatic rings. The second kappa shape index (κ2) is 8.31. The molecule has 2 rings (SSSR count). The second-order valence-electron chi connectivity index (χ2n) is 3.59. The van der Waals surface area contributed by atoms with Crippen molar-refractivity contribution in [3.63, 3.8) is 0 Å². The Morgan fingerprint density at radius 1 is 1.00 bits per heavy atom. The van der Waals surface area contributed by atoms with Crippen molar-refractivity contribution in [3.05, 3.63) is 71.8 Å². The zero-order valence-electron chi connectivity index (χ0n) is 10.4. The summed E-state index contributed by atoms with van der Waals surface area (Å²) < 4.78 is 0. The first kappa shape index (κ1) is 14.3. The van der Waals surface area contributed by atoms with Crippen LogP contribution in [-0.2, 0) is 5.88 Å². The molecule has 0 fully saturated rings. The molecule has 0 bridgehead atoms. The maximum absolute atomic E-state index is 5.54. The van der Waals surface area contributed by atoms with Crippen LogP contribution in [0.25, 0.3) is 0 Å². The molecule has 0 aliphatic carbocycles. The van der Waals surface area contributed by atoms with Crippen LogP contribution in [-0.4, -0.2) is 12.9 Å². The van der Waals surface area contributed by atoms with E-state index in [2.05, 4.69) is 4.99 Å². The molecule has 0 radical (unpaired) electrons. The van der Waals surface area contributed by atoms with Gasteiger partial charge < -0.3 is 5.73 Å². The summed E-state index contributed by atoms with van der Waals surface area (Å²) in [7, 11) is 1.68. The van der Waals surface area contributed by atoms with E-state index in [9.17, 15) is 0 Å². The Kier molecular flexibility index (Phi) is 6.59. The van der Waals surface area contributed by atoms with Gasteiger partial charge in [0.15, 0.2) is 0 Å². The fourth-order valence-electron chi connectivity index (χ4n) is 1.31. The van der Waals surface area contributed by atoms with E-state index in [4.69, 9.17) is 17.3 Å². The Balaban J connectivity index is 0.000000184. The summed E-state index contributed by atoms with van der Waals surface area (Å²) in [6, 6.07) is 19.7. The SMILES string of the molecule is CN=C(N)c1ccccc1.ClCc1ccccc1. The van der Waals surface area contributed by atoms with Crippen molar-refractivity contribution >= 4 is 17.4 Å². The number of rotatable bonds is 2. The summed E-state index contributed by atoms with van der Waals surface area (Å²) in [5.74, 6) is 1.20. The zero-order valence-corrected chi connectivity index (χ0v) is 11.1. The lowest BCUT2D eigenvalue weighted by Crippen LogP contribution is -2.12.